The molecule has 0 heterocycles. The van der Waals surface area contributed by atoms with E-state index in [1.54, 1.807) is 42.5 Å². The van der Waals surface area contributed by atoms with Crippen molar-refractivity contribution >= 4 is 38.9 Å². The zero-order valence-corrected chi connectivity index (χ0v) is 17.7. The highest BCUT2D eigenvalue weighted by molar-refractivity contribution is 7.92. The summed E-state index contributed by atoms with van der Waals surface area (Å²) in [4.78, 5) is 12.8. The second-order valence-corrected chi connectivity index (χ2v) is 8.97. The number of hydrogen-bond acceptors (Lipinski definition) is 3. The van der Waals surface area contributed by atoms with Crippen LogP contribution in [-0.4, -0.2) is 20.9 Å². The van der Waals surface area contributed by atoms with E-state index in [-0.39, 0.29) is 15.6 Å². The number of nitrogens with zero attached hydrogens (tertiary/aromatic N) is 1. The van der Waals surface area contributed by atoms with Gasteiger partial charge in [0, 0.05) is 5.69 Å². The molecule has 5 nitrogen and oxygen atoms in total. The van der Waals surface area contributed by atoms with E-state index in [1.165, 1.54) is 12.1 Å². The molecule has 0 saturated heterocycles. The fraction of sp³-hybridized carbons (Fsp3) is 0.136. The predicted octanol–water partition coefficient (Wildman–Crippen LogP) is 4.79. The molecular weight excluding hydrogens is 408 g/mol. The Kier molecular flexibility index (Phi) is 6.25. The van der Waals surface area contributed by atoms with Crippen molar-refractivity contribution in [1.29, 1.82) is 0 Å². The molecule has 1 amide bonds. The van der Waals surface area contributed by atoms with Crippen LogP contribution in [0.15, 0.2) is 77.7 Å². The number of benzene rings is 3. The zero-order chi connectivity index (χ0) is 21.0. The summed E-state index contributed by atoms with van der Waals surface area (Å²) in [6.45, 7) is 3.45. The van der Waals surface area contributed by atoms with Crippen LogP contribution in [0.5, 0.6) is 0 Å². The summed E-state index contributed by atoms with van der Waals surface area (Å²) in [7, 11) is -3.99. The SMILES string of the molecule is Cc1cc(C)cc(NC(=O)CN(c2ccccc2Cl)S(=O)(=O)c2ccccc2)c1. The van der Waals surface area contributed by atoms with Gasteiger partial charge in [-0.25, -0.2) is 8.42 Å². The third kappa shape index (κ3) is 4.96. The lowest BCUT2D eigenvalue weighted by Gasteiger charge is -2.25. The van der Waals surface area contributed by atoms with Crippen molar-refractivity contribution in [3.8, 4) is 0 Å². The lowest BCUT2D eigenvalue weighted by Crippen LogP contribution is -2.38. The van der Waals surface area contributed by atoms with Gasteiger partial charge < -0.3 is 5.32 Å². The van der Waals surface area contributed by atoms with Gasteiger partial charge >= 0.3 is 0 Å². The highest BCUT2D eigenvalue weighted by atomic mass is 35.5. The number of sulfonamides is 1. The molecule has 0 radical (unpaired) electrons. The van der Waals surface area contributed by atoms with Crippen LogP contribution in [0.1, 0.15) is 11.1 Å². The summed E-state index contributed by atoms with van der Waals surface area (Å²) < 4.78 is 27.6. The van der Waals surface area contributed by atoms with Gasteiger partial charge in [-0.3, -0.25) is 9.10 Å². The van der Waals surface area contributed by atoms with Gasteiger partial charge in [0.25, 0.3) is 10.0 Å². The number of para-hydroxylation sites is 1. The molecule has 1 N–H and O–H groups in total. The van der Waals surface area contributed by atoms with Gasteiger partial charge in [-0.05, 0) is 61.4 Å². The van der Waals surface area contributed by atoms with Crippen LogP contribution in [0, 0.1) is 13.8 Å². The van der Waals surface area contributed by atoms with E-state index < -0.39 is 22.5 Å². The quantitative estimate of drug-likeness (QED) is 0.613. The van der Waals surface area contributed by atoms with E-state index >= 15 is 0 Å². The van der Waals surface area contributed by atoms with Crippen LogP contribution < -0.4 is 9.62 Å². The first-order valence-corrected chi connectivity index (χ1v) is 10.8. The highest BCUT2D eigenvalue weighted by Gasteiger charge is 2.28. The minimum Gasteiger partial charge on any atom is -0.324 e. The molecule has 29 heavy (non-hydrogen) atoms. The molecule has 0 spiro atoms. The average molecular weight is 429 g/mol. The Morgan fingerprint density at radius 1 is 0.931 bits per heavy atom. The maximum absolute atomic E-state index is 13.3. The molecule has 3 rings (SSSR count). The van der Waals surface area contributed by atoms with Crippen LogP contribution in [0.25, 0.3) is 0 Å². The summed E-state index contributed by atoms with van der Waals surface area (Å²) in [6.07, 6.45) is 0. The van der Waals surface area contributed by atoms with E-state index in [2.05, 4.69) is 5.32 Å². The Balaban J connectivity index is 1.96. The second-order valence-electron chi connectivity index (χ2n) is 6.70. The van der Waals surface area contributed by atoms with E-state index in [9.17, 15) is 13.2 Å². The third-order valence-corrected chi connectivity index (χ3v) is 6.34. The number of carbonyl (C=O) groups is 1. The van der Waals surface area contributed by atoms with Gasteiger partial charge in [0.05, 0.1) is 15.6 Å². The number of rotatable bonds is 6. The number of carbonyl (C=O) groups excluding carboxylic acids is 1. The standard InChI is InChI=1S/C22H21ClN2O3S/c1-16-12-17(2)14-18(13-16)24-22(26)15-25(21-11-7-6-10-20(21)23)29(27,28)19-8-4-3-5-9-19/h3-14H,15H2,1-2H3,(H,24,26). The van der Waals surface area contributed by atoms with E-state index in [1.807, 2.05) is 32.0 Å². The van der Waals surface area contributed by atoms with E-state index in [4.69, 9.17) is 11.6 Å². The van der Waals surface area contributed by atoms with Crippen molar-refractivity contribution in [2.75, 3.05) is 16.2 Å². The van der Waals surface area contributed by atoms with Gasteiger partial charge in [-0.1, -0.05) is 48.0 Å². The van der Waals surface area contributed by atoms with Crippen LogP contribution in [0.3, 0.4) is 0 Å². The summed E-state index contributed by atoms with van der Waals surface area (Å²) in [6, 6.07) is 20.2. The van der Waals surface area contributed by atoms with Gasteiger partial charge in [0.15, 0.2) is 0 Å². The Hall–Kier alpha value is -2.83. The van der Waals surface area contributed by atoms with Crippen LogP contribution in [-0.2, 0) is 14.8 Å². The molecule has 7 heteroatoms. The molecule has 0 aliphatic rings. The van der Waals surface area contributed by atoms with Crippen molar-refractivity contribution in [3.05, 3.63) is 88.9 Å². The second kappa shape index (κ2) is 8.68. The smallest absolute Gasteiger partial charge is 0.264 e. The Bertz CT molecular complexity index is 1110. The molecule has 3 aromatic rings. The van der Waals surface area contributed by atoms with Crippen molar-refractivity contribution in [1.82, 2.24) is 0 Å². The molecule has 0 saturated carbocycles. The van der Waals surface area contributed by atoms with Crippen LogP contribution in [0.2, 0.25) is 5.02 Å². The fourth-order valence-electron chi connectivity index (χ4n) is 3.05. The molecule has 0 fully saturated rings. The minimum absolute atomic E-state index is 0.0825. The summed E-state index contributed by atoms with van der Waals surface area (Å²) in [5.74, 6) is -0.463. The molecule has 0 aliphatic carbocycles. The average Bonchev–Trinajstić information content (AvgIpc) is 2.66. The number of anilines is 2. The molecule has 0 bridgehead atoms. The number of aryl methyl sites for hydroxylation is 2. The highest BCUT2D eigenvalue weighted by Crippen LogP contribution is 2.30. The van der Waals surface area contributed by atoms with Crippen molar-refractivity contribution in [2.24, 2.45) is 0 Å². The van der Waals surface area contributed by atoms with Crippen LogP contribution in [0.4, 0.5) is 11.4 Å². The Morgan fingerprint density at radius 3 is 2.14 bits per heavy atom. The summed E-state index contributed by atoms with van der Waals surface area (Å²) in [5, 5.41) is 3.02. The first-order valence-electron chi connectivity index (χ1n) is 8.98. The number of halogens is 1. The first kappa shape index (κ1) is 20.9. The lowest BCUT2D eigenvalue weighted by molar-refractivity contribution is -0.114. The summed E-state index contributed by atoms with van der Waals surface area (Å²) in [5.41, 5.74) is 2.86. The van der Waals surface area contributed by atoms with Crippen molar-refractivity contribution in [2.45, 2.75) is 18.7 Å². The Labute approximate surface area is 176 Å². The first-order chi connectivity index (χ1) is 13.8. The van der Waals surface area contributed by atoms with Gasteiger partial charge in [-0.15, -0.1) is 0 Å². The molecule has 0 aromatic heterocycles. The lowest BCUT2D eigenvalue weighted by atomic mass is 10.1. The molecule has 150 valence electrons. The third-order valence-electron chi connectivity index (χ3n) is 4.25. The van der Waals surface area contributed by atoms with E-state index in [0.29, 0.717) is 5.69 Å². The zero-order valence-electron chi connectivity index (χ0n) is 16.1. The largest absolute Gasteiger partial charge is 0.324 e. The molecular formula is C22H21ClN2O3S. The number of amides is 1. The van der Waals surface area contributed by atoms with Gasteiger partial charge in [-0.2, -0.15) is 0 Å². The van der Waals surface area contributed by atoms with Crippen molar-refractivity contribution < 1.29 is 13.2 Å². The van der Waals surface area contributed by atoms with Gasteiger partial charge in [0.2, 0.25) is 5.91 Å². The van der Waals surface area contributed by atoms with Crippen molar-refractivity contribution in [3.63, 3.8) is 0 Å². The fourth-order valence-corrected chi connectivity index (χ4v) is 4.80. The molecule has 0 atom stereocenters. The van der Waals surface area contributed by atoms with Gasteiger partial charge in [0.1, 0.15) is 6.54 Å². The topological polar surface area (TPSA) is 66.5 Å². The normalized spacial score (nSPS) is 11.1. The maximum Gasteiger partial charge on any atom is 0.264 e. The predicted molar refractivity (Wildman–Crippen MR) is 117 cm³/mol. The molecule has 0 unspecified atom stereocenters. The number of hydrogen-bond donors (Lipinski definition) is 1. The monoisotopic (exact) mass is 428 g/mol. The van der Waals surface area contributed by atoms with E-state index in [0.717, 1.165) is 15.4 Å². The Morgan fingerprint density at radius 2 is 1.52 bits per heavy atom. The molecule has 3 aromatic carbocycles. The molecule has 0 aliphatic heterocycles. The number of nitrogens with one attached hydrogen (secondary N) is 1. The maximum atomic E-state index is 13.3. The minimum atomic E-state index is -3.99. The summed E-state index contributed by atoms with van der Waals surface area (Å²) >= 11 is 6.26. The van der Waals surface area contributed by atoms with Crippen LogP contribution >= 0.6 is 11.6 Å².